The van der Waals surface area contributed by atoms with Crippen molar-refractivity contribution in [3.8, 4) is 5.88 Å². The zero-order chi connectivity index (χ0) is 12.1. The average Bonchev–Trinajstić information content (AvgIpc) is 2.79. The predicted molar refractivity (Wildman–Crippen MR) is 69.6 cm³/mol. The molecule has 90 valence electrons. The fourth-order valence-electron chi connectivity index (χ4n) is 1.41. The van der Waals surface area contributed by atoms with Gasteiger partial charge in [-0.3, -0.25) is 0 Å². The Labute approximate surface area is 105 Å². The highest BCUT2D eigenvalue weighted by molar-refractivity contribution is 7.07. The van der Waals surface area contributed by atoms with Crippen molar-refractivity contribution in [2.24, 2.45) is 0 Å². The number of rotatable bonds is 5. The Morgan fingerprint density at radius 3 is 3.00 bits per heavy atom. The summed E-state index contributed by atoms with van der Waals surface area (Å²) in [5, 5.41) is 7.35. The third kappa shape index (κ3) is 3.42. The molecular formula is C12H15N3OS. The summed E-state index contributed by atoms with van der Waals surface area (Å²) >= 11 is 1.68. The van der Waals surface area contributed by atoms with Crippen LogP contribution < -0.4 is 10.1 Å². The van der Waals surface area contributed by atoms with E-state index in [-0.39, 0.29) is 0 Å². The summed E-state index contributed by atoms with van der Waals surface area (Å²) in [4.78, 5) is 8.60. The van der Waals surface area contributed by atoms with Crippen molar-refractivity contribution < 1.29 is 4.74 Å². The van der Waals surface area contributed by atoms with Gasteiger partial charge in [0.25, 0.3) is 0 Å². The topological polar surface area (TPSA) is 47.0 Å². The molecule has 0 saturated carbocycles. The Morgan fingerprint density at radius 1 is 1.41 bits per heavy atom. The van der Waals surface area contributed by atoms with Crippen molar-refractivity contribution in [3.05, 3.63) is 34.2 Å². The molecule has 0 unspecified atom stereocenters. The average molecular weight is 249 g/mol. The molecule has 0 amide bonds. The van der Waals surface area contributed by atoms with E-state index >= 15 is 0 Å². The van der Waals surface area contributed by atoms with Crippen molar-refractivity contribution >= 4 is 17.3 Å². The first kappa shape index (κ1) is 11.9. The van der Waals surface area contributed by atoms with Crippen LogP contribution in [0, 0.1) is 6.92 Å². The number of aromatic nitrogens is 2. The Hall–Kier alpha value is -1.62. The number of thiophene rings is 1. The summed E-state index contributed by atoms with van der Waals surface area (Å²) in [5.41, 5.74) is 2.13. The second kappa shape index (κ2) is 5.63. The van der Waals surface area contributed by atoms with E-state index in [4.69, 9.17) is 4.74 Å². The van der Waals surface area contributed by atoms with Crippen LogP contribution in [0.25, 0.3) is 0 Å². The van der Waals surface area contributed by atoms with Crippen LogP contribution in [0.2, 0.25) is 0 Å². The molecule has 17 heavy (non-hydrogen) atoms. The number of anilines is 1. The number of nitrogens with one attached hydrogen (secondary N) is 1. The third-order valence-electron chi connectivity index (χ3n) is 2.15. The van der Waals surface area contributed by atoms with Crippen LogP contribution in [0.1, 0.15) is 18.2 Å². The number of hydrogen-bond donors (Lipinski definition) is 1. The summed E-state index contributed by atoms with van der Waals surface area (Å²) in [6.45, 7) is 5.22. The third-order valence-corrected chi connectivity index (χ3v) is 2.89. The molecule has 2 aromatic heterocycles. The van der Waals surface area contributed by atoms with Gasteiger partial charge < -0.3 is 10.1 Å². The largest absolute Gasteiger partial charge is 0.478 e. The van der Waals surface area contributed by atoms with Gasteiger partial charge in [0, 0.05) is 18.3 Å². The number of ether oxygens (including phenoxy) is 1. The van der Waals surface area contributed by atoms with Crippen molar-refractivity contribution in [2.75, 3.05) is 11.9 Å². The molecule has 5 heteroatoms. The van der Waals surface area contributed by atoms with E-state index in [0.717, 1.165) is 12.2 Å². The molecule has 0 aliphatic carbocycles. The molecule has 0 aliphatic heterocycles. The monoisotopic (exact) mass is 249 g/mol. The van der Waals surface area contributed by atoms with Gasteiger partial charge in [0.05, 0.1) is 6.61 Å². The smallest absolute Gasteiger partial charge is 0.226 e. The zero-order valence-corrected chi connectivity index (χ0v) is 10.8. The highest BCUT2D eigenvalue weighted by atomic mass is 32.1. The van der Waals surface area contributed by atoms with E-state index in [0.29, 0.717) is 18.4 Å². The fraction of sp³-hybridized carbons (Fsp3) is 0.333. The first-order valence-electron chi connectivity index (χ1n) is 5.51. The number of nitrogens with zero attached hydrogens (tertiary/aromatic N) is 2. The molecule has 0 aromatic carbocycles. The molecular weight excluding hydrogens is 234 g/mol. The van der Waals surface area contributed by atoms with Gasteiger partial charge in [0.1, 0.15) is 0 Å². The van der Waals surface area contributed by atoms with Gasteiger partial charge in [0.15, 0.2) is 0 Å². The van der Waals surface area contributed by atoms with E-state index in [1.54, 1.807) is 11.3 Å². The summed E-state index contributed by atoms with van der Waals surface area (Å²) in [5.74, 6) is 1.23. The summed E-state index contributed by atoms with van der Waals surface area (Å²) in [7, 11) is 0. The fourth-order valence-corrected chi connectivity index (χ4v) is 2.08. The molecule has 2 rings (SSSR count). The van der Waals surface area contributed by atoms with E-state index in [9.17, 15) is 0 Å². The van der Waals surface area contributed by atoms with Gasteiger partial charge in [-0.1, -0.05) is 0 Å². The van der Waals surface area contributed by atoms with Crippen molar-refractivity contribution in [1.29, 1.82) is 0 Å². The molecule has 1 N–H and O–H groups in total. The van der Waals surface area contributed by atoms with Crippen LogP contribution >= 0.6 is 11.3 Å². The Balaban J connectivity index is 2.04. The lowest BCUT2D eigenvalue weighted by Crippen LogP contribution is -2.05. The second-order valence-electron chi connectivity index (χ2n) is 3.59. The summed E-state index contributed by atoms with van der Waals surface area (Å²) in [6.07, 6.45) is 0. The first-order chi connectivity index (χ1) is 8.28. The molecule has 2 aromatic rings. The second-order valence-corrected chi connectivity index (χ2v) is 4.37. The van der Waals surface area contributed by atoms with Gasteiger partial charge in [-0.2, -0.15) is 16.3 Å². The van der Waals surface area contributed by atoms with Crippen LogP contribution in [-0.2, 0) is 6.54 Å². The van der Waals surface area contributed by atoms with Gasteiger partial charge in [-0.25, -0.2) is 4.98 Å². The lowest BCUT2D eigenvalue weighted by Gasteiger charge is -2.07. The normalized spacial score (nSPS) is 10.2. The minimum absolute atomic E-state index is 0.611. The van der Waals surface area contributed by atoms with Gasteiger partial charge in [0.2, 0.25) is 11.8 Å². The molecule has 0 fully saturated rings. The van der Waals surface area contributed by atoms with Crippen molar-refractivity contribution in [2.45, 2.75) is 20.4 Å². The molecule has 0 atom stereocenters. The van der Waals surface area contributed by atoms with E-state index in [1.165, 1.54) is 5.56 Å². The molecule has 0 aliphatic rings. The lowest BCUT2D eigenvalue weighted by molar-refractivity contribution is 0.326. The molecule has 0 radical (unpaired) electrons. The SMILES string of the molecule is CCOc1cc(C)nc(NCc2ccsc2)n1. The van der Waals surface area contributed by atoms with Gasteiger partial charge in [-0.05, 0) is 36.2 Å². The minimum Gasteiger partial charge on any atom is -0.478 e. The molecule has 2 heterocycles. The molecule has 0 saturated heterocycles. The Kier molecular flexibility index (Phi) is 3.93. The zero-order valence-electron chi connectivity index (χ0n) is 9.93. The number of hydrogen-bond acceptors (Lipinski definition) is 5. The number of aryl methyl sites for hydroxylation is 1. The molecule has 0 bridgehead atoms. The predicted octanol–water partition coefficient (Wildman–Crippen LogP) is 2.86. The first-order valence-corrected chi connectivity index (χ1v) is 6.45. The van der Waals surface area contributed by atoms with Gasteiger partial charge >= 0.3 is 0 Å². The minimum atomic E-state index is 0.611. The van der Waals surface area contributed by atoms with Crippen LogP contribution in [-0.4, -0.2) is 16.6 Å². The lowest BCUT2D eigenvalue weighted by atomic mass is 10.3. The maximum absolute atomic E-state index is 5.38. The Morgan fingerprint density at radius 2 is 2.29 bits per heavy atom. The van der Waals surface area contributed by atoms with Crippen LogP contribution in [0.4, 0.5) is 5.95 Å². The van der Waals surface area contributed by atoms with Crippen LogP contribution in [0.5, 0.6) is 5.88 Å². The maximum Gasteiger partial charge on any atom is 0.226 e. The summed E-state index contributed by atoms with van der Waals surface area (Å²) in [6, 6.07) is 3.91. The molecule has 4 nitrogen and oxygen atoms in total. The standard InChI is InChI=1S/C12H15N3OS/c1-3-16-11-6-9(2)14-12(15-11)13-7-10-4-5-17-8-10/h4-6,8H,3,7H2,1-2H3,(H,13,14,15). The summed E-state index contributed by atoms with van der Waals surface area (Å²) < 4.78 is 5.38. The van der Waals surface area contributed by atoms with Crippen LogP contribution in [0.15, 0.2) is 22.9 Å². The van der Waals surface area contributed by atoms with Gasteiger partial charge in [-0.15, -0.1) is 0 Å². The Bertz CT molecular complexity index is 471. The van der Waals surface area contributed by atoms with Crippen molar-refractivity contribution in [3.63, 3.8) is 0 Å². The quantitative estimate of drug-likeness (QED) is 0.885. The van der Waals surface area contributed by atoms with E-state index in [2.05, 4.69) is 32.1 Å². The van der Waals surface area contributed by atoms with Crippen molar-refractivity contribution in [1.82, 2.24) is 9.97 Å². The van der Waals surface area contributed by atoms with E-state index in [1.807, 2.05) is 19.9 Å². The highest BCUT2D eigenvalue weighted by Gasteiger charge is 2.02. The maximum atomic E-state index is 5.38. The highest BCUT2D eigenvalue weighted by Crippen LogP contribution is 2.13. The van der Waals surface area contributed by atoms with E-state index < -0.39 is 0 Å². The van der Waals surface area contributed by atoms with Crippen LogP contribution in [0.3, 0.4) is 0 Å². The molecule has 0 spiro atoms.